The van der Waals surface area contributed by atoms with Crippen molar-refractivity contribution in [3.8, 4) is 11.5 Å². The zero-order valence-corrected chi connectivity index (χ0v) is 14.2. The Morgan fingerprint density at radius 2 is 2.10 bits per heavy atom. The van der Waals surface area contributed by atoms with Gasteiger partial charge in [0.1, 0.15) is 0 Å². The molecule has 0 aliphatic heterocycles. The van der Waals surface area contributed by atoms with Crippen LogP contribution in [0, 0.1) is 5.92 Å². The molecular weight excluding hydrogens is 336 g/mol. The number of hydrogen-bond acceptors (Lipinski definition) is 3. The van der Waals surface area contributed by atoms with Gasteiger partial charge < -0.3 is 14.6 Å². The highest BCUT2D eigenvalue weighted by atomic mass is 79.9. The number of rotatable bonds is 7. The number of aliphatic carboxylic acids is 1. The number of methoxy groups -OCH3 is 1. The zero-order chi connectivity index (χ0) is 15.6. The first-order valence-electron chi connectivity index (χ1n) is 7.06. The Morgan fingerprint density at radius 3 is 2.62 bits per heavy atom. The minimum atomic E-state index is -0.813. The van der Waals surface area contributed by atoms with Gasteiger partial charge in [-0.2, -0.15) is 0 Å². The summed E-state index contributed by atoms with van der Waals surface area (Å²) in [4.78, 5) is 11.0. The van der Waals surface area contributed by atoms with E-state index in [1.54, 1.807) is 7.11 Å². The Bertz CT molecular complexity index is 535. The van der Waals surface area contributed by atoms with Crippen molar-refractivity contribution in [3.05, 3.63) is 22.2 Å². The average Bonchev–Trinajstić information content (AvgIpc) is 3.18. The molecule has 1 fully saturated rings. The Hall–Kier alpha value is -1.23. The van der Waals surface area contributed by atoms with Crippen molar-refractivity contribution in [2.75, 3.05) is 13.7 Å². The van der Waals surface area contributed by atoms with Gasteiger partial charge in [-0.1, -0.05) is 13.8 Å². The van der Waals surface area contributed by atoms with Crippen LogP contribution in [0.25, 0.3) is 0 Å². The van der Waals surface area contributed by atoms with Crippen LogP contribution in [0.15, 0.2) is 16.6 Å². The number of carbonyl (C=O) groups is 1. The molecule has 0 spiro atoms. The molecule has 0 saturated heterocycles. The van der Waals surface area contributed by atoms with Crippen molar-refractivity contribution in [3.63, 3.8) is 0 Å². The second-order valence-electron chi connectivity index (χ2n) is 6.20. The monoisotopic (exact) mass is 356 g/mol. The van der Waals surface area contributed by atoms with E-state index < -0.39 is 11.4 Å². The van der Waals surface area contributed by atoms with Gasteiger partial charge in [-0.15, -0.1) is 0 Å². The SMILES string of the molecule is COc1c(Br)cc(C(C)(C)CC(=O)O)cc1OCC1CC1. The van der Waals surface area contributed by atoms with Gasteiger partial charge in [0.15, 0.2) is 11.5 Å². The van der Waals surface area contributed by atoms with E-state index in [4.69, 9.17) is 14.6 Å². The van der Waals surface area contributed by atoms with Crippen molar-refractivity contribution in [1.82, 2.24) is 0 Å². The van der Waals surface area contributed by atoms with E-state index in [9.17, 15) is 4.79 Å². The number of hydrogen-bond donors (Lipinski definition) is 1. The van der Waals surface area contributed by atoms with Crippen LogP contribution in [0.2, 0.25) is 0 Å². The van der Waals surface area contributed by atoms with Crippen LogP contribution in [-0.2, 0) is 10.2 Å². The third-order valence-electron chi connectivity index (χ3n) is 3.76. The molecule has 0 bridgehead atoms. The predicted octanol–water partition coefficient (Wildman–Crippen LogP) is 4.00. The molecule has 0 amide bonds. The number of halogens is 1. The maximum absolute atomic E-state index is 11.0. The fourth-order valence-electron chi connectivity index (χ4n) is 2.24. The Kier molecular flexibility index (Phi) is 4.81. The van der Waals surface area contributed by atoms with E-state index >= 15 is 0 Å². The van der Waals surface area contributed by atoms with Gasteiger partial charge in [0.25, 0.3) is 0 Å². The van der Waals surface area contributed by atoms with E-state index in [1.807, 2.05) is 26.0 Å². The average molecular weight is 357 g/mol. The minimum absolute atomic E-state index is 0.0633. The molecule has 1 aliphatic carbocycles. The standard InChI is InChI=1S/C16H21BrO4/c1-16(2,8-14(18)19)11-6-12(17)15(20-3)13(7-11)21-9-10-4-5-10/h6-7,10H,4-5,8-9H2,1-3H3,(H,18,19). The fourth-order valence-corrected chi connectivity index (χ4v) is 2.84. The van der Waals surface area contributed by atoms with Crippen molar-refractivity contribution < 1.29 is 19.4 Å². The van der Waals surface area contributed by atoms with Gasteiger partial charge >= 0.3 is 5.97 Å². The maximum atomic E-state index is 11.0. The summed E-state index contributed by atoms with van der Waals surface area (Å²) in [5.41, 5.74) is 0.446. The molecule has 1 saturated carbocycles. The third kappa shape index (κ3) is 4.13. The van der Waals surface area contributed by atoms with E-state index in [0.717, 1.165) is 10.0 Å². The third-order valence-corrected chi connectivity index (χ3v) is 4.35. The molecule has 0 unspecified atom stereocenters. The van der Waals surface area contributed by atoms with Crippen molar-refractivity contribution >= 4 is 21.9 Å². The van der Waals surface area contributed by atoms with Crippen molar-refractivity contribution in [2.24, 2.45) is 5.92 Å². The largest absolute Gasteiger partial charge is 0.492 e. The van der Waals surface area contributed by atoms with Crippen LogP contribution >= 0.6 is 15.9 Å². The summed E-state index contributed by atoms with van der Waals surface area (Å²) in [5.74, 6) is 1.16. The normalized spacial score (nSPS) is 14.9. The highest BCUT2D eigenvalue weighted by Crippen LogP contribution is 2.41. The minimum Gasteiger partial charge on any atom is -0.492 e. The van der Waals surface area contributed by atoms with Crippen LogP contribution in [0.4, 0.5) is 0 Å². The van der Waals surface area contributed by atoms with Crippen molar-refractivity contribution in [2.45, 2.75) is 38.5 Å². The Balaban J connectivity index is 2.30. The highest BCUT2D eigenvalue weighted by Gasteiger charge is 2.28. The number of carboxylic acid groups (broad SMARTS) is 1. The molecule has 1 aromatic carbocycles. The van der Waals surface area contributed by atoms with E-state index in [2.05, 4.69) is 15.9 Å². The lowest BCUT2D eigenvalue weighted by molar-refractivity contribution is -0.138. The molecule has 1 aromatic rings. The van der Waals surface area contributed by atoms with Gasteiger partial charge in [-0.25, -0.2) is 0 Å². The molecule has 4 nitrogen and oxygen atoms in total. The van der Waals surface area contributed by atoms with E-state index in [1.165, 1.54) is 12.8 Å². The lowest BCUT2D eigenvalue weighted by atomic mass is 9.81. The van der Waals surface area contributed by atoms with Gasteiger partial charge in [0, 0.05) is 5.41 Å². The van der Waals surface area contributed by atoms with Crippen LogP contribution in [-0.4, -0.2) is 24.8 Å². The lowest BCUT2D eigenvalue weighted by Crippen LogP contribution is -2.22. The zero-order valence-electron chi connectivity index (χ0n) is 12.6. The molecule has 5 heteroatoms. The molecule has 116 valence electrons. The smallest absolute Gasteiger partial charge is 0.304 e. The Morgan fingerprint density at radius 1 is 1.43 bits per heavy atom. The first-order valence-corrected chi connectivity index (χ1v) is 7.85. The Labute approximate surface area is 133 Å². The molecule has 0 atom stereocenters. The van der Waals surface area contributed by atoms with E-state index in [0.29, 0.717) is 24.0 Å². The summed E-state index contributed by atoms with van der Waals surface area (Å²) in [7, 11) is 1.60. The van der Waals surface area contributed by atoms with Crippen LogP contribution in [0.5, 0.6) is 11.5 Å². The second-order valence-corrected chi connectivity index (χ2v) is 7.05. The topological polar surface area (TPSA) is 55.8 Å². The van der Waals surface area contributed by atoms with Crippen LogP contribution in [0.3, 0.4) is 0 Å². The quantitative estimate of drug-likeness (QED) is 0.802. The fraction of sp³-hybridized carbons (Fsp3) is 0.562. The van der Waals surface area contributed by atoms with Crippen LogP contribution < -0.4 is 9.47 Å². The van der Waals surface area contributed by atoms with E-state index in [-0.39, 0.29) is 6.42 Å². The van der Waals surface area contributed by atoms with Crippen molar-refractivity contribution in [1.29, 1.82) is 0 Å². The predicted molar refractivity (Wildman–Crippen MR) is 84.2 cm³/mol. The molecular formula is C16H21BrO4. The first-order chi connectivity index (χ1) is 9.83. The second kappa shape index (κ2) is 6.26. The molecule has 0 radical (unpaired) electrons. The summed E-state index contributed by atoms with van der Waals surface area (Å²) in [6, 6.07) is 3.81. The summed E-state index contributed by atoms with van der Waals surface area (Å²) in [5, 5.41) is 9.07. The lowest BCUT2D eigenvalue weighted by Gasteiger charge is -2.25. The number of ether oxygens (including phenoxy) is 2. The van der Waals surface area contributed by atoms with Gasteiger partial charge in [-0.3, -0.25) is 4.79 Å². The highest BCUT2D eigenvalue weighted by molar-refractivity contribution is 9.10. The molecule has 1 aliphatic rings. The van der Waals surface area contributed by atoms with Crippen LogP contribution in [0.1, 0.15) is 38.7 Å². The van der Waals surface area contributed by atoms with Gasteiger partial charge in [0.05, 0.1) is 24.6 Å². The summed E-state index contributed by atoms with van der Waals surface area (Å²) in [6.07, 6.45) is 2.50. The summed E-state index contributed by atoms with van der Waals surface area (Å²) >= 11 is 3.49. The van der Waals surface area contributed by atoms with Gasteiger partial charge in [-0.05, 0) is 52.4 Å². The van der Waals surface area contributed by atoms with Gasteiger partial charge in [0.2, 0.25) is 0 Å². The number of carboxylic acids is 1. The molecule has 0 heterocycles. The number of benzene rings is 1. The molecule has 2 rings (SSSR count). The first kappa shape index (κ1) is 16.1. The molecule has 1 N–H and O–H groups in total. The summed E-state index contributed by atoms with van der Waals surface area (Å²) in [6.45, 7) is 4.52. The molecule has 0 aromatic heterocycles. The maximum Gasteiger partial charge on any atom is 0.304 e. The molecule has 21 heavy (non-hydrogen) atoms. The summed E-state index contributed by atoms with van der Waals surface area (Å²) < 4.78 is 12.0.